The van der Waals surface area contributed by atoms with Crippen molar-refractivity contribution in [3.8, 4) is 22.4 Å². The van der Waals surface area contributed by atoms with Crippen LogP contribution >= 0.6 is 0 Å². The molecule has 170 valence electrons. The Bertz CT molecular complexity index is 1190. The van der Waals surface area contributed by atoms with Crippen molar-refractivity contribution in [2.45, 2.75) is 12.6 Å². The zero-order valence-electron chi connectivity index (χ0n) is 18.5. The van der Waals surface area contributed by atoms with Crippen LogP contribution in [0.25, 0.3) is 22.4 Å². The van der Waals surface area contributed by atoms with Crippen LogP contribution < -0.4 is 5.73 Å². The van der Waals surface area contributed by atoms with Crippen LogP contribution in [0.3, 0.4) is 0 Å². The van der Waals surface area contributed by atoms with Gasteiger partial charge in [0.25, 0.3) is 0 Å². The van der Waals surface area contributed by atoms with Gasteiger partial charge in [-0.25, -0.2) is 4.39 Å². The van der Waals surface area contributed by atoms with E-state index >= 15 is 0 Å². The Balaban J connectivity index is 1.83. The fourth-order valence-electron chi connectivity index (χ4n) is 3.89. The van der Waals surface area contributed by atoms with Crippen molar-refractivity contribution in [2.24, 2.45) is 5.73 Å². The zero-order valence-corrected chi connectivity index (χ0v) is 18.5. The Hall–Kier alpha value is -3.85. The first-order chi connectivity index (χ1) is 15.8. The van der Waals surface area contributed by atoms with Crippen molar-refractivity contribution in [3.05, 3.63) is 72.5 Å². The molecule has 4 rings (SSSR count). The van der Waals surface area contributed by atoms with Crippen molar-refractivity contribution in [1.29, 1.82) is 0 Å². The summed E-state index contributed by atoms with van der Waals surface area (Å²) < 4.78 is 15.2. The molecule has 3 heterocycles. The van der Waals surface area contributed by atoms with Gasteiger partial charge >= 0.3 is 0 Å². The number of primary amides is 1. The molecule has 1 aliphatic heterocycles. The summed E-state index contributed by atoms with van der Waals surface area (Å²) >= 11 is 0. The van der Waals surface area contributed by atoms with Gasteiger partial charge in [0.05, 0.1) is 18.8 Å². The molecule has 0 saturated carbocycles. The molecule has 0 spiro atoms. The maximum absolute atomic E-state index is 13.6. The SMILES string of the molecule is CN(C)C/C=C/C(=O)N1Cc2c(-c3ccncc3)c(-c3ccc(F)cc3)nn2C(C(N)=O)C1. The molecule has 8 nitrogen and oxygen atoms in total. The number of likely N-dealkylation sites (N-methyl/N-ethyl adjacent to an activating group) is 1. The first kappa shape index (κ1) is 22.3. The van der Waals surface area contributed by atoms with E-state index in [9.17, 15) is 14.0 Å². The van der Waals surface area contributed by atoms with E-state index < -0.39 is 11.9 Å². The number of carbonyl (C=O) groups is 2. The highest BCUT2D eigenvalue weighted by Gasteiger charge is 2.35. The Kier molecular flexibility index (Phi) is 6.32. The van der Waals surface area contributed by atoms with Gasteiger partial charge in [-0.05, 0) is 56.1 Å². The summed E-state index contributed by atoms with van der Waals surface area (Å²) in [4.78, 5) is 32.9. The van der Waals surface area contributed by atoms with Crippen molar-refractivity contribution < 1.29 is 14.0 Å². The fraction of sp³-hybridized carbons (Fsp3) is 0.250. The second-order valence-electron chi connectivity index (χ2n) is 8.16. The van der Waals surface area contributed by atoms with Crippen molar-refractivity contribution in [1.82, 2.24) is 24.6 Å². The second kappa shape index (κ2) is 9.33. The minimum Gasteiger partial charge on any atom is -0.368 e. The van der Waals surface area contributed by atoms with E-state index in [1.54, 1.807) is 40.2 Å². The molecule has 0 aliphatic carbocycles. The number of amides is 2. The van der Waals surface area contributed by atoms with Crippen molar-refractivity contribution in [3.63, 3.8) is 0 Å². The minimum atomic E-state index is -0.824. The molecular formula is C24H25FN6O2. The van der Waals surface area contributed by atoms with Gasteiger partial charge in [-0.2, -0.15) is 5.10 Å². The van der Waals surface area contributed by atoms with Crippen molar-refractivity contribution in [2.75, 3.05) is 27.2 Å². The second-order valence-corrected chi connectivity index (χ2v) is 8.16. The van der Waals surface area contributed by atoms with Gasteiger partial charge in [-0.1, -0.05) is 6.08 Å². The molecule has 0 fully saturated rings. The van der Waals surface area contributed by atoms with Crippen LogP contribution in [0.15, 0.2) is 60.9 Å². The zero-order chi connectivity index (χ0) is 23.5. The van der Waals surface area contributed by atoms with Gasteiger partial charge in [0, 0.05) is 36.1 Å². The summed E-state index contributed by atoms with van der Waals surface area (Å²) in [7, 11) is 3.82. The molecule has 0 radical (unpaired) electrons. The lowest BCUT2D eigenvalue weighted by atomic mass is 9.98. The number of nitrogens with zero attached hydrogens (tertiary/aromatic N) is 5. The number of benzene rings is 1. The van der Waals surface area contributed by atoms with Gasteiger partial charge in [-0.3, -0.25) is 19.3 Å². The molecule has 1 aromatic carbocycles. The summed E-state index contributed by atoms with van der Waals surface area (Å²) in [5, 5.41) is 4.72. The number of nitrogens with two attached hydrogens (primary N) is 1. The van der Waals surface area contributed by atoms with Crippen LogP contribution in [0.1, 0.15) is 11.7 Å². The highest BCUT2D eigenvalue weighted by molar-refractivity contribution is 5.90. The molecule has 33 heavy (non-hydrogen) atoms. The highest BCUT2D eigenvalue weighted by Crippen LogP contribution is 2.38. The van der Waals surface area contributed by atoms with Crippen LogP contribution in [0, 0.1) is 5.82 Å². The van der Waals surface area contributed by atoms with E-state index in [0.29, 0.717) is 23.5 Å². The quantitative estimate of drug-likeness (QED) is 0.584. The third-order valence-corrected chi connectivity index (χ3v) is 5.50. The van der Waals surface area contributed by atoms with E-state index in [-0.39, 0.29) is 24.8 Å². The van der Waals surface area contributed by atoms with Crippen LogP contribution in [-0.4, -0.2) is 63.6 Å². The summed E-state index contributed by atoms with van der Waals surface area (Å²) in [6.07, 6.45) is 6.61. The Morgan fingerprint density at radius 3 is 2.48 bits per heavy atom. The smallest absolute Gasteiger partial charge is 0.246 e. The molecule has 1 aliphatic rings. The monoisotopic (exact) mass is 448 g/mol. The Morgan fingerprint density at radius 1 is 1.15 bits per heavy atom. The van der Waals surface area contributed by atoms with Gasteiger partial charge in [-0.15, -0.1) is 0 Å². The molecule has 2 amide bonds. The molecule has 2 N–H and O–H groups in total. The van der Waals surface area contributed by atoms with Gasteiger partial charge in [0.15, 0.2) is 0 Å². The topological polar surface area (TPSA) is 97.3 Å². The lowest BCUT2D eigenvalue weighted by Crippen LogP contribution is -2.45. The first-order valence-corrected chi connectivity index (χ1v) is 10.5. The van der Waals surface area contributed by atoms with Gasteiger partial charge < -0.3 is 15.5 Å². The predicted molar refractivity (Wildman–Crippen MR) is 122 cm³/mol. The third-order valence-electron chi connectivity index (χ3n) is 5.50. The predicted octanol–water partition coefficient (Wildman–Crippen LogP) is 2.24. The normalized spacial score (nSPS) is 15.8. The average Bonchev–Trinajstić information content (AvgIpc) is 3.18. The molecular weight excluding hydrogens is 423 g/mol. The molecule has 9 heteroatoms. The largest absolute Gasteiger partial charge is 0.368 e. The van der Waals surface area contributed by atoms with E-state index in [0.717, 1.165) is 11.1 Å². The number of rotatable bonds is 6. The fourth-order valence-corrected chi connectivity index (χ4v) is 3.89. The molecule has 2 aromatic heterocycles. The lowest BCUT2D eigenvalue weighted by molar-refractivity contribution is -0.130. The molecule has 0 bridgehead atoms. The van der Waals surface area contributed by atoms with Gasteiger partial charge in [0.1, 0.15) is 17.6 Å². The average molecular weight is 449 g/mol. The maximum atomic E-state index is 13.6. The number of pyridine rings is 1. The highest BCUT2D eigenvalue weighted by atomic mass is 19.1. The molecule has 0 saturated heterocycles. The lowest BCUT2D eigenvalue weighted by Gasteiger charge is -2.32. The summed E-state index contributed by atoms with van der Waals surface area (Å²) in [6.45, 7) is 0.988. The van der Waals surface area contributed by atoms with Crippen LogP contribution in [-0.2, 0) is 16.1 Å². The first-order valence-electron chi connectivity index (χ1n) is 10.5. The minimum absolute atomic E-state index is 0.119. The van der Waals surface area contributed by atoms with E-state index in [1.807, 2.05) is 31.1 Å². The number of fused-ring (bicyclic) bond motifs is 1. The number of hydrogen-bond donors (Lipinski definition) is 1. The molecule has 1 atom stereocenters. The van der Waals surface area contributed by atoms with Crippen LogP contribution in [0.2, 0.25) is 0 Å². The van der Waals surface area contributed by atoms with Crippen LogP contribution in [0.5, 0.6) is 0 Å². The van der Waals surface area contributed by atoms with Crippen LogP contribution in [0.4, 0.5) is 4.39 Å². The molecule has 3 aromatic rings. The molecule has 1 unspecified atom stereocenters. The number of hydrogen-bond acceptors (Lipinski definition) is 5. The van der Waals surface area contributed by atoms with Crippen molar-refractivity contribution >= 4 is 11.8 Å². The Morgan fingerprint density at radius 2 is 1.85 bits per heavy atom. The summed E-state index contributed by atoms with van der Waals surface area (Å²) in [5.41, 5.74) is 9.26. The van der Waals surface area contributed by atoms with E-state index in [4.69, 9.17) is 10.8 Å². The van der Waals surface area contributed by atoms with E-state index in [2.05, 4.69) is 4.98 Å². The number of aromatic nitrogens is 3. The van der Waals surface area contributed by atoms with E-state index in [1.165, 1.54) is 18.2 Å². The number of halogens is 1. The Labute approximate surface area is 191 Å². The summed E-state index contributed by atoms with van der Waals surface area (Å²) in [6, 6.07) is 8.85. The standard InChI is InChI=1S/C24H25FN6O2/c1-29(2)13-3-4-21(32)30-14-19-22(16-9-11-27-12-10-16)23(17-5-7-18(25)8-6-17)28-31(19)20(15-30)24(26)33/h3-12,20H,13-15H2,1-2H3,(H2,26,33)/b4-3+. The summed E-state index contributed by atoms with van der Waals surface area (Å²) in [5.74, 6) is -1.15. The van der Waals surface area contributed by atoms with Gasteiger partial charge in [0.2, 0.25) is 11.8 Å². The third kappa shape index (κ3) is 4.68. The number of carbonyl (C=O) groups excluding carboxylic acids is 2. The maximum Gasteiger partial charge on any atom is 0.246 e.